The second-order valence-corrected chi connectivity index (χ2v) is 4.29. The zero-order valence-corrected chi connectivity index (χ0v) is 11.0. The van der Waals surface area contributed by atoms with E-state index >= 15 is 0 Å². The lowest BCUT2D eigenvalue weighted by atomic mass is 10.2. The summed E-state index contributed by atoms with van der Waals surface area (Å²) in [5.41, 5.74) is 1.41. The number of nitrogen functional groups attached to an aromatic ring is 1. The predicted molar refractivity (Wildman–Crippen MR) is 71.6 cm³/mol. The molecule has 110 valence electrons. The van der Waals surface area contributed by atoms with Crippen LogP contribution < -0.4 is 16.7 Å². The van der Waals surface area contributed by atoms with Crippen LogP contribution in [0.2, 0.25) is 0 Å². The van der Waals surface area contributed by atoms with Crippen LogP contribution in [0.1, 0.15) is 21.9 Å². The summed E-state index contributed by atoms with van der Waals surface area (Å²) in [5, 5.41) is 10.7. The molecule has 3 N–H and O–H groups in total. The Morgan fingerprint density at radius 2 is 2.29 bits per heavy atom. The smallest absolute Gasteiger partial charge is 0.332 e. The number of nitrogens with two attached hydrogens (primary N) is 1. The molecule has 0 aromatic carbocycles. The summed E-state index contributed by atoms with van der Waals surface area (Å²) >= 11 is 0. The molecule has 2 aromatic heterocycles. The SMILES string of the molecule is Cc1oc(C(=O)NN)cc1Cn1ccc(=O)c([N+](=O)[O-])c1. The van der Waals surface area contributed by atoms with Gasteiger partial charge < -0.3 is 8.98 Å². The number of nitro groups is 1. The Bertz CT molecular complexity index is 761. The monoisotopic (exact) mass is 292 g/mol. The summed E-state index contributed by atoms with van der Waals surface area (Å²) < 4.78 is 6.70. The number of aromatic nitrogens is 1. The third kappa shape index (κ3) is 2.98. The minimum Gasteiger partial charge on any atom is -0.456 e. The summed E-state index contributed by atoms with van der Waals surface area (Å²) in [6.45, 7) is 1.87. The van der Waals surface area contributed by atoms with Gasteiger partial charge in [0, 0.05) is 17.8 Å². The number of carbonyl (C=O) groups excluding carboxylic acids is 1. The van der Waals surface area contributed by atoms with Crippen molar-refractivity contribution in [2.45, 2.75) is 13.5 Å². The molecule has 0 spiro atoms. The van der Waals surface area contributed by atoms with Crippen LogP contribution in [0.3, 0.4) is 0 Å². The van der Waals surface area contributed by atoms with Crippen molar-refractivity contribution in [3.05, 3.63) is 61.9 Å². The number of hydrogen-bond donors (Lipinski definition) is 2. The molecule has 0 unspecified atom stereocenters. The van der Waals surface area contributed by atoms with Crippen LogP contribution in [-0.2, 0) is 6.54 Å². The van der Waals surface area contributed by atoms with Crippen LogP contribution in [0.4, 0.5) is 5.69 Å². The van der Waals surface area contributed by atoms with Crippen LogP contribution in [0, 0.1) is 17.0 Å². The molecular weight excluding hydrogens is 280 g/mol. The zero-order valence-electron chi connectivity index (χ0n) is 11.0. The number of hydrogen-bond acceptors (Lipinski definition) is 6. The number of pyridine rings is 1. The third-order valence-electron chi connectivity index (χ3n) is 2.88. The summed E-state index contributed by atoms with van der Waals surface area (Å²) in [4.78, 5) is 32.7. The molecule has 0 saturated carbocycles. The van der Waals surface area contributed by atoms with Gasteiger partial charge in [-0.15, -0.1) is 0 Å². The molecule has 0 radical (unpaired) electrons. The van der Waals surface area contributed by atoms with Gasteiger partial charge in [-0.05, 0) is 13.0 Å². The molecule has 2 heterocycles. The number of furan rings is 1. The number of hydrazine groups is 1. The zero-order chi connectivity index (χ0) is 15.6. The van der Waals surface area contributed by atoms with E-state index in [9.17, 15) is 19.7 Å². The molecule has 0 aliphatic heterocycles. The average Bonchev–Trinajstić information content (AvgIpc) is 2.81. The van der Waals surface area contributed by atoms with Crippen molar-refractivity contribution in [2.24, 2.45) is 5.84 Å². The largest absolute Gasteiger partial charge is 0.456 e. The van der Waals surface area contributed by atoms with E-state index in [0.29, 0.717) is 11.3 Å². The van der Waals surface area contributed by atoms with E-state index in [2.05, 4.69) is 0 Å². The number of rotatable bonds is 4. The first-order chi connectivity index (χ1) is 9.92. The first kappa shape index (κ1) is 14.5. The maximum absolute atomic E-state index is 11.4. The van der Waals surface area contributed by atoms with Gasteiger partial charge in [0.05, 0.1) is 17.7 Å². The number of aryl methyl sites for hydroxylation is 1. The van der Waals surface area contributed by atoms with Gasteiger partial charge in [-0.1, -0.05) is 0 Å². The van der Waals surface area contributed by atoms with E-state index in [1.54, 1.807) is 6.92 Å². The fourth-order valence-electron chi connectivity index (χ4n) is 1.80. The van der Waals surface area contributed by atoms with Crippen LogP contribution in [-0.4, -0.2) is 15.4 Å². The first-order valence-electron chi connectivity index (χ1n) is 5.87. The van der Waals surface area contributed by atoms with Crippen molar-refractivity contribution < 1.29 is 14.1 Å². The molecule has 0 fully saturated rings. The van der Waals surface area contributed by atoms with Gasteiger partial charge in [0.15, 0.2) is 5.76 Å². The highest BCUT2D eigenvalue weighted by Gasteiger charge is 2.15. The van der Waals surface area contributed by atoms with Crippen LogP contribution in [0.5, 0.6) is 0 Å². The Hall–Kier alpha value is -2.94. The van der Waals surface area contributed by atoms with E-state index in [4.69, 9.17) is 10.3 Å². The Kier molecular flexibility index (Phi) is 3.85. The van der Waals surface area contributed by atoms with Crippen LogP contribution in [0.15, 0.2) is 33.7 Å². The maximum atomic E-state index is 11.4. The van der Waals surface area contributed by atoms with E-state index in [1.807, 2.05) is 5.43 Å². The molecule has 0 aliphatic carbocycles. The maximum Gasteiger partial charge on any atom is 0.332 e. The van der Waals surface area contributed by atoms with Crippen molar-refractivity contribution in [3.8, 4) is 0 Å². The summed E-state index contributed by atoms with van der Waals surface area (Å²) in [7, 11) is 0. The predicted octanol–water partition coefficient (Wildman–Crippen LogP) is 0.310. The van der Waals surface area contributed by atoms with Crippen molar-refractivity contribution in [1.82, 2.24) is 9.99 Å². The average molecular weight is 292 g/mol. The van der Waals surface area contributed by atoms with Gasteiger partial charge in [-0.25, -0.2) is 5.84 Å². The van der Waals surface area contributed by atoms with Crippen LogP contribution >= 0.6 is 0 Å². The summed E-state index contributed by atoms with van der Waals surface area (Å²) in [6.07, 6.45) is 2.56. The lowest BCUT2D eigenvalue weighted by Gasteiger charge is -2.04. The van der Waals surface area contributed by atoms with E-state index in [1.165, 1.54) is 16.8 Å². The number of carbonyl (C=O) groups is 1. The number of nitrogens with zero attached hydrogens (tertiary/aromatic N) is 2. The molecular formula is C12H12N4O5. The molecule has 1 amide bonds. The topological polar surface area (TPSA) is 133 Å². The third-order valence-corrected chi connectivity index (χ3v) is 2.88. The molecule has 9 nitrogen and oxygen atoms in total. The lowest BCUT2D eigenvalue weighted by Crippen LogP contribution is -2.29. The Morgan fingerprint density at radius 3 is 2.90 bits per heavy atom. The van der Waals surface area contributed by atoms with Crippen molar-refractivity contribution in [2.75, 3.05) is 0 Å². The molecule has 21 heavy (non-hydrogen) atoms. The Balaban J connectivity index is 2.32. The molecule has 0 atom stereocenters. The molecule has 0 bridgehead atoms. The standard InChI is InChI=1S/C12H12N4O5/c1-7-8(4-11(21-7)12(18)14-13)5-15-3-2-10(17)9(6-15)16(19)20/h2-4,6H,5,13H2,1H3,(H,14,18). The van der Waals surface area contributed by atoms with Gasteiger partial charge in [-0.2, -0.15) is 0 Å². The molecule has 2 aromatic rings. The fraction of sp³-hybridized carbons (Fsp3) is 0.167. The van der Waals surface area contributed by atoms with Gasteiger partial charge in [0.2, 0.25) is 0 Å². The Labute approximate surface area is 118 Å². The van der Waals surface area contributed by atoms with Gasteiger partial charge >= 0.3 is 11.6 Å². The van der Waals surface area contributed by atoms with Gasteiger partial charge in [0.1, 0.15) is 5.76 Å². The van der Waals surface area contributed by atoms with E-state index < -0.39 is 21.9 Å². The van der Waals surface area contributed by atoms with E-state index in [0.717, 1.165) is 12.3 Å². The molecule has 9 heteroatoms. The minimum atomic E-state index is -0.742. The van der Waals surface area contributed by atoms with Crippen LogP contribution in [0.25, 0.3) is 0 Å². The molecule has 0 saturated heterocycles. The Morgan fingerprint density at radius 1 is 1.57 bits per heavy atom. The minimum absolute atomic E-state index is 0.0422. The fourth-order valence-corrected chi connectivity index (χ4v) is 1.80. The number of nitrogens with one attached hydrogen (secondary N) is 1. The van der Waals surface area contributed by atoms with Crippen molar-refractivity contribution >= 4 is 11.6 Å². The normalized spacial score (nSPS) is 10.4. The second-order valence-electron chi connectivity index (χ2n) is 4.29. The van der Waals surface area contributed by atoms with Crippen molar-refractivity contribution in [3.63, 3.8) is 0 Å². The highest BCUT2D eigenvalue weighted by Crippen LogP contribution is 2.16. The highest BCUT2D eigenvalue weighted by atomic mass is 16.6. The number of amides is 1. The lowest BCUT2D eigenvalue weighted by molar-refractivity contribution is -0.386. The van der Waals surface area contributed by atoms with E-state index in [-0.39, 0.29) is 12.3 Å². The first-order valence-corrected chi connectivity index (χ1v) is 5.87. The highest BCUT2D eigenvalue weighted by molar-refractivity contribution is 5.91. The molecule has 2 rings (SSSR count). The van der Waals surface area contributed by atoms with Gasteiger partial charge in [-0.3, -0.25) is 25.1 Å². The summed E-state index contributed by atoms with van der Waals surface area (Å²) in [5.74, 6) is 4.96. The van der Waals surface area contributed by atoms with Crippen molar-refractivity contribution in [1.29, 1.82) is 0 Å². The second kappa shape index (κ2) is 5.59. The summed E-state index contributed by atoms with van der Waals surface area (Å²) in [6, 6.07) is 2.60. The van der Waals surface area contributed by atoms with Gasteiger partial charge in [0.25, 0.3) is 5.43 Å². The molecule has 0 aliphatic rings. The quantitative estimate of drug-likeness (QED) is 0.360.